The van der Waals surface area contributed by atoms with E-state index in [4.69, 9.17) is 4.42 Å². The average Bonchev–Trinajstić information content (AvgIpc) is 3.38. The van der Waals surface area contributed by atoms with Crippen molar-refractivity contribution in [1.82, 2.24) is 9.88 Å². The minimum Gasteiger partial charge on any atom is -0.468 e. The molecule has 0 aliphatic rings. The summed E-state index contributed by atoms with van der Waals surface area (Å²) in [6, 6.07) is 9.83. The number of carbonyl (C=O) groups is 1. The second-order valence-corrected chi connectivity index (χ2v) is 7.20. The highest BCUT2D eigenvalue weighted by Crippen LogP contribution is 2.28. The number of benzene rings is 1. The molecule has 1 aromatic carbocycles. The molecule has 0 fully saturated rings. The molecule has 0 spiro atoms. The number of likely N-dealkylation sites (N-methyl/N-ethyl adjacent to an activating group) is 1. The third-order valence-corrected chi connectivity index (χ3v) is 4.98. The highest BCUT2D eigenvalue weighted by molar-refractivity contribution is 7.14. The van der Waals surface area contributed by atoms with E-state index in [1.165, 1.54) is 23.5 Å². The summed E-state index contributed by atoms with van der Waals surface area (Å²) in [7, 11) is 1.84. The van der Waals surface area contributed by atoms with Gasteiger partial charge in [-0.15, -0.1) is 17.9 Å². The number of hydrogen-bond donors (Lipinski definition) is 0. The quantitative estimate of drug-likeness (QED) is 0.300. The molecule has 2 heterocycles. The summed E-state index contributed by atoms with van der Waals surface area (Å²) in [6.45, 7) is 4.78. The van der Waals surface area contributed by atoms with Gasteiger partial charge in [-0.25, -0.2) is 4.98 Å². The normalized spacial score (nSPS) is 10.8. The van der Waals surface area contributed by atoms with Crippen molar-refractivity contribution in [3.63, 3.8) is 0 Å². The van der Waals surface area contributed by atoms with Crippen LogP contribution >= 0.6 is 11.3 Å². The fraction of sp³-hybridized carbons (Fsp3) is 0.200. The molecule has 0 bridgehead atoms. The Hall–Kier alpha value is -3.30. The van der Waals surface area contributed by atoms with E-state index in [1.54, 1.807) is 29.4 Å². The first-order chi connectivity index (χ1) is 14.0. The van der Waals surface area contributed by atoms with Gasteiger partial charge in [-0.2, -0.15) is 0 Å². The van der Waals surface area contributed by atoms with Crippen LogP contribution < -0.4 is 4.90 Å². The second-order valence-electron chi connectivity index (χ2n) is 6.36. The summed E-state index contributed by atoms with van der Waals surface area (Å²) in [5, 5.41) is 13.2. The number of thiazole rings is 1. The van der Waals surface area contributed by atoms with Crippen LogP contribution in [0.5, 0.6) is 0 Å². The first-order valence-corrected chi connectivity index (χ1v) is 9.68. The largest absolute Gasteiger partial charge is 0.468 e. The molecule has 2 aromatic heterocycles. The van der Waals surface area contributed by atoms with Crippen LogP contribution in [0.25, 0.3) is 11.3 Å². The molecule has 9 heteroatoms. The molecule has 3 aromatic rings. The van der Waals surface area contributed by atoms with Crippen molar-refractivity contribution in [1.29, 1.82) is 0 Å². The highest BCUT2D eigenvalue weighted by atomic mass is 32.1. The van der Waals surface area contributed by atoms with Crippen molar-refractivity contribution in [2.24, 2.45) is 0 Å². The Morgan fingerprint density at radius 1 is 1.34 bits per heavy atom. The predicted molar refractivity (Wildman–Crippen MR) is 112 cm³/mol. The van der Waals surface area contributed by atoms with Crippen molar-refractivity contribution >= 4 is 28.1 Å². The number of nitro benzene ring substituents is 1. The molecule has 0 aliphatic heterocycles. The molecule has 150 valence electrons. The van der Waals surface area contributed by atoms with Crippen LogP contribution in [0.3, 0.4) is 0 Å². The van der Waals surface area contributed by atoms with Crippen LogP contribution in [0.4, 0.5) is 10.8 Å². The van der Waals surface area contributed by atoms with Gasteiger partial charge in [-0.3, -0.25) is 24.7 Å². The molecule has 29 heavy (non-hydrogen) atoms. The van der Waals surface area contributed by atoms with E-state index in [0.29, 0.717) is 23.9 Å². The van der Waals surface area contributed by atoms with E-state index < -0.39 is 4.92 Å². The van der Waals surface area contributed by atoms with Crippen LogP contribution in [0.1, 0.15) is 5.76 Å². The van der Waals surface area contributed by atoms with Crippen molar-refractivity contribution < 1.29 is 14.1 Å². The lowest BCUT2D eigenvalue weighted by molar-refractivity contribution is -0.384. The van der Waals surface area contributed by atoms with Crippen molar-refractivity contribution in [2.45, 2.75) is 6.54 Å². The molecule has 1 amide bonds. The zero-order chi connectivity index (χ0) is 20.8. The number of non-ortho nitro benzene ring substituents is 1. The van der Waals surface area contributed by atoms with Gasteiger partial charge in [0, 0.05) is 29.6 Å². The number of furan rings is 1. The molecule has 0 unspecified atom stereocenters. The Labute approximate surface area is 171 Å². The van der Waals surface area contributed by atoms with E-state index in [1.807, 2.05) is 29.5 Å². The minimum absolute atomic E-state index is 0.0206. The van der Waals surface area contributed by atoms with Gasteiger partial charge in [0.1, 0.15) is 5.76 Å². The summed E-state index contributed by atoms with van der Waals surface area (Å²) in [5.74, 6) is 0.675. The van der Waals surface area contributed by atoms with Gasteiger partial charge in [0.2, 0.25) is 5.91 Å². The van der Waals surface area contributed by atoms with Crippen molar-refractivity contribution in [3.05, 3.63) is 76.6 Å². The van der Waals surface area contributed by atoms with Gasteiger partial charge in [0.05, 0.1) is 30.0 Å². The fourth-order valence-corrected chi connectivity index (χ4v) is 3.59. The Bertz CT molecular complexity index is 982. The number of hydrogen-bond acceptors (Lipinski definition) is 7. The van der Waals surface area contributed by atoms with E-state index in [-0.39, 0.29) is 18.1 Å². The molecule has 0 saturated heterocycles. The predicted octanol–water partition coefficient (Wildman–Crippen LogP) is 3.96. The molecule has 0 N–H and O–H groups in total. The Balaban J connectivity index is 1.72. The lowest BCUT2D eigenvalue weighted by atomic mass is 10.1. The molecular weight excluding hydrogens is 392 g/mol. The SMILES string of the molecule is C=CCN(C(=O)CN(C)Cc1ccco1)c1nc(-c2ccc([N+](=O)[O-])cc2)cs1. The van der Waals surface area contributed by atoms with Gasteiger partial charge in [-0.1, -0.05) is 6.08 Å². The maximum absolute atomic E-state index is 12.8. The third kappa shape index (κ3) is 5.15. The number of nitrogens with zero attached hydrogens (tertiary/aromatic N) is 4. The van der Waals surface area contributed by atoms with E-state index in [9.17, 15) is 14.9 Å². The van der Waals surface area contributed by atoms with Crippen LogP contribution in [0.15, 0.2) is 65.1 Å². The summed E-state index contributed by atoms with van der Waals surface area (Å²) in [4.78, 5) is 31.2. The van der Waals surface area contributed by atoms with Crippen LogP contribution in [0, 0.1) is 10.1 Å². The molecule has 0 saturated carbocycles. The minimum atomic E-state index is -0.444. The number of amides is 1. The number of nitro groups is 1. The standard InChI is InChI=1S/C20H20N4O4S/c1-3-10-23(19(25)13-22(2)12-17-5-4-11-28-17)20-21-18(14-29-20)15-6-8-16(9-7-15)24(26)27/h3-9,11,14H,1,10,12-13H2,2H3. The van der Waals surface area contributed by atoms with Crippen LogP contribution in [0.2, 0.25) is 0 Å². The highest BCUT2D eigenvalue weighted by Gasteiger charge is 2.20. The Morgan fingerprint density at radius 2 is 2.10 bits per heavy atom. The number of rotatable bonds is 9. The summed E-state index contributed by atoms with van der Waals surface area (Å²) in [5.41, 5.74) is 1.43. The van der Waals surface area contributed by atoms with Crippen LogP contribution in [-0.2, 0) is 11.3 Å². The second kappa shape index (κ2) is 9.26. The van der Waals surface area contributed by atoms with Crippen molar-refractivity contribution in [2.75, 3.05) is 25.0 Å². The summed E-state index contributed by atoms with van der Waals surface area (Å²) in [6.07, 6.45) is 3.25. The first kappa shape index (κ1) is 20.4. The monoisotopic (exact) mass is 412 g/mol. The maximum Gasteiger partial charge on any atom is 0.269 e. The molecule has 0 aliphatic carbocycles. The van der Waals surface area contributed by atoms with Crippen LogP contribution in [-0.4, -0.2) is 40.9 Å². The Morgan fingerprint density at radius 3 is 2.72 bits per heavy atom. The number of aromatic nitrogens is 1. The molecular formula is C20H20N4O4S. The van der Waals surface area contributed by atoms with Gasteiger partial charge in [0.15, 0.2) is 5.13 Å². The summed E-state index contributed by atoms with van der Waals surface area (Å²) < 4.78 is 5.32. The zero-order valence-corrected chi connectivity index (χ0v) is 16.7. The number of carbonyl (C=O) groups excluding carboxylic acids is 1. The third-order valence-electron chi connectivity index (χ3n) is 4.12. The summed E-state index contributed by atoms with van der Waals surface area (Å²) >= 11 is 1.34. The number of anilines is 1. The van der Waals surface area contributed by atoms with Gasteiger partial charge in [0.25, 0.3) is 5.69 Å². The van der Waals surface area contributed by atoms with E-state index in [0.717, 1.165) is 11.3 Å². The van der Waals surface area contributed by atoms with Gasteiger partial charge < -0.3 is 4.42 Å². The average molecular weight is 412 g/mol. The molecule has 0 radical (unpaired) electrons. The smallest absolute Gasteiger partial charge is 0.269 e. The van der Waals surface area contributed by atoms with E-state index >= 15 is 0 Å². The Kier molecular flexibility index (Phi) is 6.53. The first-order valence-electron chi connectivity index (χ1n) is 8.80. The van der Waals surface area contributed by atoms with E-state index in [2.05, 4.69) is 11.6 Å². The molecule has 3 rings (SSSR count). The van der Waals surface area contributed by atoms with Gasteiger partial charge in [-0.05, 0) is 31.3 Å². The fourth-order valence-electron chi connectivity index (χ4n) is 2.73. The van der Waals surface area contributed by atoms with Gasteiger partial charge >= 0.3 is 0 Å². The topological polar surface area (TPSA) is 92.7 Å². The molecule has 8 nitrogen and oxygen atoms in total. The lowest BCUT2D eigenvalue weighted by Crippen LogP contribution is -2.39. The lowest BCUT2D eigenvalue weighted by Gasteiger charge is -2.22. The van der Waals surface area contributed by atoms with Crippen molar-refractivity contribution in [3.8, 4) is 11.3 Å². The molecule has 0 atom stereocenters. The zero-order valence-electron chi connectivity index (χ0n) is 15.9. The maximum atomic E-state index is 12.8.